The number of anilines is 1. The van der Waals surface area contributed by atoms with Crippen LogP contribution < -0.4 is 9.64 Å². The Hall–Kier alpha value is -2.68. The van der Waals surface area contributed by atoms with Gasteiger partial charge in [-0.15, -0.1) is 0 Å². The Bertz CT molecular complexity index is 1040. The van der Waals surface area contributed by atoms with Crippen molar-refractivity contribution in [2.24, 2.45) is 5.92 Å². The third-order valence-corrected chi connectivity index (χ3v) is 5.80. The van der Waals surface area contributed by atoms with Crippen molar-refractivity contribution >= 4 is 29.1 Å². The average Bonchev–Trinajstić information content (AvgIpc) is 3.18. The van der Waals surface area contributed by atoms with Gasteiger partial charge in [-0.2, -0.15) is 10.2 Å². The van der Waals surface area contributed by atoms with Crippen LogP contribution in [0.2, 0.25) is 10.0 Å². The molecule has 0 bridgehead atoms. The third-order valence-electron chi connectivity index (χ3n) is 5.27. The molecule has 0 N–H and O–H groups in total. The van der Waals surface area contributed by atoms with Crippen LogP contribution in [0.5, 0.6) is 5.75 Å². The highest BCUT2D eigenvalue weighted by Crippen LogP contribution is 2.31. The number of aromatic nitrogens is 1. The van der Waals surface area contributed by atoms with E-state index in [4.69, 9.17) is 32.4 Å². The number of oxazole rings is 1. The number of rotatable bonds is 6. The maximum Gasteiger partial charge on any atom is 0.236 e. The van der Waals surface area contributed by atoms with E-state index in [1.807, 2.05) is 6.07 Å². The minimum Gasteiger partial charge on any atom is -0.482 e. The van der Waals surface area contributed by atoms with Gasteiger partial charge in [0.15, 0.2) is 6.61 Å². The number of benzene rings is 2. The minimum atomic E-state index is 0.0838. The topological polar surface area (TPSA) is 62.3 Å². The van der Waals surface area contributed by atoms with Crippen LogP contribution in [0.3, 0.4) is 0 Å². The Morgan fingerprint density at radius 3 is 2.60 bits per heavy atom. The van der Waals surface area contributed by atoms with Crippen LogP contribution in [0.4, 0.5) is 5.88 Å². The van der Waals surface area contributed by atoms with Gasteiger partial charge >= 0.3 is 0 Å². The number of piperidine rings is 1. The summed E-state index contributed by atoms with van der Waals surface area (Å²) >= 11 is 12.0. The maximum absolute atomic E-state index is 9.49. The summed E-state index contributed by atoms with van der Waals surface area (Å²) in [6.07, 6.45) is 3.18. The van der Waals surface area contributed by atoms with E-state index in [0.717, 1.165) is 32.4 Å². The van der Waals surface area contributed by atoms with Gasteiger partial charge in [0, 0.05) is 18.1 Å². The summed E-state index contributed by atoms with van der Waals surface area (Å²) in [5, 5.41) is 10.4. The van der Waals surface area contributed by atoms with E-state index in [1.165, 1.54) is 5.56 Å². The normalized spacial score (nSPS) is 14.5. The van der Waals surface area contributed by atoms with Gasteiger partial charge in [-0.1, -0.05) is 53.5 Å². The van der Waals surface area contributed by atoms with Crippen molar-refractivity contribution in [2.45, 2.75) is 25.9 Å². The average molecular weight is 442 g/mol. The van der Waals surface area contributed by atoms with Gasteiger partial charge in [-0.3, -0.25) is 0 Å². The van der Waals surface area contributed by atoms with Crippen molar-refractivity contribution in [3.63, 3.8) is 0 Å². The molecule has 1 aliphatic heterocycles. The number of halogens is 2. The Kier molecular flexibility index (Phi) is 6.47. The summed E-state index contributed by atoms with van der Waals surface area (Å²) in [5.41, 5.74) is 1.66. The number of hydrogen-bond donors (Lipinski definition) is 0. The van der Waals surface area contributed by atoms with Crippen molar-refractivity contribution in [2.75, 3.05) is 18.0 Å². The lowest BCUT2D eigenvalue weighted by Crippen LogP contribution is -2.34. The quantitative estimate of drug-likeness (QED) is 0.476. The lowest BCUT2D eigenvalue weighted by atomic mass is 9.90. The molecule has 2 heterocycles. The van der Waals surface area contributed by atoms with Gasteiger partial charge in [0.05, 0.1) is 5.02 Å². The first-order chi connectivity index (χ1) is 14.6. The molecule has 1 fully saturated rings. The van der Waals surface area contributed by atoms with Crippen LogP contribution in [0.15, 0.2) is 52.9 Å². The first-order valence-corrected chi connectivity index (χ1v) is 10.6. The highest BCUT2D eigenvalue weighted by Gasteiger charge is 2.25. The fourth-order valence-corrected chi connectivity index (χ4v) is 4.19. The van der Waals surface area contributed by atoms with E-state index in [-0.39, 0.29) is 12.3 Å². The van der Waals surface area contributed by atoms with E-state index in [9.17, 15) is 5.26 Å². The first-order valence-electron chi connectivity index (χ1n) is 9.89. The summed E-state index contributed by atoms with van der Waals surface area (Å²) in [6.45, 7) is 1.76. The molecule has 154 valence electrons. The van der Waals surface area contributed by atoms with Crippen molar-refractivity contribution < 1.29 is 9.15 Å². The summed E-state index contributed by atoms with van der Waals surface area (Å²) in [6, 6.07) is 17.7. The predicted octanol–water partition coefficient (Wildman–Crippen LogP) is 5.89. The molecule has 5 nitrogen and oxygen atoms in total. The van der Waals surface area contributed by atoms with Gasteiger partial charge in [0.1, 0.15) is 11.8 Å². The molecule has 1 aromatic heterocycles. The Morgan fingerprint density at radius 2 is 1.90 bits per heavy atom. The second-order valence-corrected chi connectivity index (χ2v) is 8.20. The van der Waals surface area contributed by atoms with Gasteiger partial charge in [0.2, 0.25) is 17.5 Å². The van der Waals surface area contributed by atoms with E-state index < -0.39 is 0 Å². The van der Waals surface area contributed by atoms with Crippen molar-refractivity contribution in [1.82, 2.24) is 4.98 Å². The zero-order chi connectivity index (χ0) is 20.9. The van der Waals surface area contributed by atoms with Crippen LogP contribution >= 0.6 is 23.2 Å². The van der Waals surface area contributed by atoms with Gasteiger partial charge in [-0.25, -0.2) is 0 Å². The lowest BCUT2D eigenvalue weighted by Gasteiger charge is -2.31. The zero-order valence-electron chi connectivity index (χ0n) is 16.4. The van der Waals surface area contributed by atoms with Crippen molar-refractivity contribution in [1.29, 1.82) is 5.26 Å². The van der Waals surface area contributed by atoms with Gasteiger partial charge < -0.3 is 14.1 Å². The molecule has 4 rings (SSSR count). The number of nitrogens with zero attached hydrogens (tertiary/aromatic N) is 3. The Morgan fingerprint density at radius 1 is 1.13 bits per heavy atom. The molecule has 0 radical (unpaired) electrons. The number of ether oxygens (including phenoxy) is 1. The molecule has 0 atom stereocenters. The molecule has 0 spiro atoms. The summed E-state index contributed by atoms with van der Waals surface area (Å²) in [7, 11) is 0. The molecule has 1 aliphatic rings. The predicted molar refractivity (Wildman–Crippen MR) is 117 cm³/mol. The third kappa shape index (κ3) is 4.89. The van der Waals surface area contributed by atoms with Crippen LogP contribution in [0.1, 0.15) is 30.0 Å². The number of hydrogen-bond acceptors (Lipinski definition) is 5. The molecule has 30 heavy (non-hydrogen) atoms. The van der Waals surface area contributed by atoms with E-state index in [0.29, 0.717) is 33.5 Å². The second kappa shape index (κ2) is 9.42. The van der Waals surface area contributed by atoms with Crippen molar-refractivity contribution in [3.05, 3.63) is 75.7 Å². The fourth-order valence-electron chi connectivity index (χ4n) is 3.72. The molecule has 2 aromatic carbocycles. The summed E-state index contributed by atoms with van der Waals surface area (Å²) in [4.78, 5) is 6.39. The SMILES string of the molecule is N#Cc1nc(COc2ccc(Cl)cc2Cl)oc1N1CCC(Cc2ccccc2)CC1. The minimum absolute atomic E-state index is 0.0838. The summed E-state index contributed by atoms with van der Waals surface area (Å²) < 4.78 is 11.6. The van der Waals surface area contributed by atoms with E-state index >= 15 is 0 Å². The molecule has 0 unspecified atom stereocenters. The second-order valence-electron chi connectivity index (χ2n) is 7.36. The molecule has 7 heteroatoms. The van der Waals surface area contributed by atoms with Crippen LogP contribution in [-0.2, 0) is 13.0 Å². The molecule has 0 amide bonds. The largest absolute Gasteiger partial charge is 0.482 e. The fraction of sp³-hybridized carbons (Fsp3) is 0.304. The van der Waals surface area contributed by atoms with Crippen LogP contribution in [0, 0.1) is 17.2 Å². The molecule has 1 saturated heterocycles. The van der Waals surface area contributed by atoms with Crippen LogP contribution in [0.25, 0.3) is 0 Å². The molecule has 3 aromatic rings. The molecular weight excluding hydrogens is 421 g/mol. The maximum atomic E-state index is 9.49. The first kappa shape index (κ1) is 20.6. The zero-order valence-corrected chi connectivity index (χ0v) is 17.9. The van der Waals surface area contributed by atoms with Gasteiger partial charge in [-0.05, 0) is 48.9 Å². The smallest absolute Gasteiger partial charge is 0.236 e. The van der Waals surface area contributed by atoms with E-state index in [1.54, 1.807) is 18.2 Å². The highest BCUT2D eigenvalue weighted by atomic mass is 35.5. The van der Waals surface area contributed by atoms with E-state index in [2.05, 4.69) is 40.2 Å². The highest BCUT2D eigenvalue weighted by molar-refractivity contribution is 6.35. The Labute approximate surface area is 185 Å². The summed E-state index contributed by atoms with van der Waals surface area (Å²) in [5.74, 6) is 1.99. The molecular formula is C23H21Cl2N3O2. The van der Waals surface area contributed by atoms with Crippen LogP contribution in [-0.4, -0.2) is 18.1 Å². The standard InChI is InChI=1S/C23H21Cl2N3O2/c24-18-6-7-21(19(25)13-18)29-15-22-27-20(14-26)23(30-22)28-10-8-17(9-11-28)12-16-4-2-1-3-5-16/h1-7,13,17H,8-12,15H2. The lowest BCUT2D eigenvalue weighted by molar-refractivity contribution is 0.262. The van der Waals surface area contributed by atoms with Gasteiger partial charge in [0.25, 0.3) is 0 Å². The Balaban J connectivity index is 1.38. The molecule has 0 aliphatic carbocycles. The molecule has 0 saturated carbocycles. The monoisotopic (exact) mass is 441 g/mol. The van der Waals surface area contributed by atoms with Crippen molar-refractivity contribution in [3.8, 4) is 11.8 Å². The number of nitriles is 1.